The Morgan fingerprint density at radius 3 is 2.76 bits per heavy atom. The zero-order valence-electron chi connectivity index (χ0n) is 13.7. The van der Waals surface area contributed by atoms with Gasteiger partial charge in [0.1, 0.15) is 0 Å². The second-order valence-corrected chi connectivity index (χ2v) is 6.44. The average molecular weight is 366 g/mol. The van der Waals surface area contributed by atoms with Gasteiger partial charge in [-0.25, -0.2) is 0 Å². The third kappa shape index (κ3) is 4.93. The van der Waals surface area contributed by atoms with Crippen molar-refractivity contribution < 1.29 is 19.2 Å². The molecule has 1 aromatic rings. The normalized spacial score (nSPS) is 22.2. The van der Waals surface area contributed by atoms with Gasteiger partial charge in [0.25, 0.3) is 5.91 Å². The number of oxime groups is 1. The molecule has 1 aromatic carbocycles. The van der Waals surface area contributed by atoms with Crippen LogP contribution >= 0.6 is 11.6 Å². The Hall–Kier alpha value is -2.12. The fourth-order valence-electron chi connectivity index (χ4n) is 2.71. The van der Waals surface area contributed by atoms with Crippen LogP contribution in [0.1, 0.15) is 24.8 Å². The van der Waals surface area contributed by atoms with Gasteiger partial charge in [-0.2, -0.15) is 0 Å². The molecule has 3 rings (SSSR count). The molecule has 2 amide bonds. The van der Waals surface area contributed by atoms with Crippen molar-refractivity contribution in [1.82, 2.24) is 10.6 Å². The Labute approximate surface area is 150 Å². The molecule has 2 aliphatic rings. The van der Waals surface area contributed by atoms with Gasteiger partial charge in [-0.1, -0.05) is 28.9 Å². The standard InChI is InChI=1S/C17H20ClN3O4/c18-12-5-3-11(4-6-12)14-8-15(25-21-14)17(23)20-10-16(22)19-9-13-2-1-7-24-13/h3-6,13,15H,1-2,7-10H2,(H,19,22)(H,20,23)/t13-,15+/m0/s1. The zero-order valence-corrected chi connectivity index (χ0v) is 14.4. The number of hydrogen-bond acceptors (Lipinski definition) is 5. The molecule has 1 saturated heterocycles. The number of hydrogen-bond donors (Lipinski definition) is 2. The monoisotopic (exact) mass is 365 g/mol. The summed E-state index contributed by atoms with van der Waals surface area (Å²) in [5.74, 6) is -0.610. The highest BCUT2D eigenvalue weighted by Crippen LogP contribution is 2.18. The molecule has 2 atom stereocenters. The molecule has 0 aliphatic carbocycles. The predicted molar refractivity (Wildman–Crippen MR) is 92.5 cm³/mol. The van der Waals surface area contributed by atoms with Crippen LogP contribution in [-0.2, 0) is 19.2 Å². The molecule has 8 heteroatoms. The number of nitrogens with zero attached hydrogens (tertiary/aromatic N) is 1. The van der Waals surface area contributed by atoms with Crippen LogP contribution in [0.3, 0.4) is 0 Å². The Kier molecular flexibility index (Phi) is 5.88. The number of carbonyl (C=O) groups is 2. The summed E-state index contributed by atoms with van der Waals surface area (Å²) < 4.78 is 5.43. The van der Waals surface area contributed by atoms with Gasteiger partial charge in [0.2, 0.25) is 12.0 Å². The number of benzene rings is 1. The summed E-state index contributed by atoms with van der Waals surface area (Å²) in [6.07, 6.45) is 1.68. The summed E-state index contributed by atoms with van der Waals surface area (Å²) in [5, 5.41) is 9.90. The molecule has 2 aliphatic heterocycles. The van der Waals surface area contributed by atoms with E-state index >= 15 is 0 Å². The predicted octanol–water partition coefficient (Wildman–Crippen LogP) is 1.24. The van der Waals surface area contributed by atoms with Crippen LogP contribution in [0.5, 0.6) is 0 Å². The molecule has 2 heterocycles. The van der Waals surface area contributed by atoms with Crippen molar-refractivity contribution in [2.24, 2.45) is 5.16 Å². The van der Waals surface area contributed by atoms with Crippen LogP contribution in [0.2, 0.25) is 5.02 Å². The molecule has 134 valence electrons. The zero-order chi connectivity index (χ0) is 17.6. The Bertz CT molecular complexity index is 656. The number of rotatable bonds is 6. The second kappa shape index (κ2) is 8.31. The molecule has 0 saturated carbocycles. The van der Waals surface area contributed by atoms with Gasteiger partial charge in [-0.3, -0.25) is 9.59 Å². The summed E-state index contributed by atoms with van der Waals surface area (Å²) in [6, 6.07) is 7.16. The minimum Gasteiger partial charge on any atom is -0.382 e. The van der Waals surface area contributed by atoms with Gasteiger partial charge in [-0.15, -0.1) is 0 Å². The fraction of sp³-hybridized carbons (Fsp3) is 0.471. The Morgan fingerprint density at radius 2 is 2.04 bits per heavy atom. The first kappa shape index (κ1) is 17.7. The van der Waals surface area contributed by atoms with Crippen LogP contribution in [-0.4, -0.2) is 49.4 Å². The van der Waals surface area contributed by atoms with Crippen LogP contribution in [0.15, 0.2) is 29.4 Å². The minimum absolute atomic E-state index is 0.0770. The van der Waals surface area contributed by atoms with E-state index in [2.05, 4.69) is 15.8 Å². The minimum atomic E-state index is -0.725. The summed E-state index contributed by atoms with van der Waals surface area (Å²) in [6.45, 7) is 1.12. The van der Waals surface area contributed by atoms with E-state index in [1.54, 1.807) is 12.1 Å². The molecule has 0 spiro atoms. The summed E-state index contributed by atoms with van der Waals surface area (Å²) in [4.78, 5) is 29.1. The number of carbonyl (C=O) groups excluding carboxylic acids is 2. The lowest BCUT2D eigenvalue weighted by molar-refractivity contribution is -0.133. The third-order valence-corrected chi connectivity index (χ3v) is 4.36. The van der Waals surface area contributed by atoms with E-state index in [-0.39, 0.29) is 24.5 Å². The number of nitrogens with one attached hydrogen (secondary N) is 2. The quantitative estimate of drug-likeness (QED) is 0.794. The maximum Gasteiger partial charge on any atom is 0.264 e. The largest absolute Gasteiger partial charge is 0.382 e. The van der Waals surface area contributed by atoms with Crippen molar-refractivity contribution in [2.75, 3.05) is 19.7 Å². The van der Waals surface area contributed by atoms with Gasteiger partial charge in [0, 0.05) is 24.6 Å². The molecule has 0 bridgehead atoms. The first-order valence-corrected chi connectivity index (χ1v) is 8.64. The molecule has 0 aromatic heterocycles. The highest BCUT2D eigenvalue weighted by atomic mass is 35.5. The van der Waals surface area contributed by atoms with Crippen molar-refractivity contribution >= 4 is 29.1 Å². The van der Waals surface area contributed by atoms with E-state index < -0.39 is 6.10 Å². The molecule has 0 radical (unpaired) electrons. The molecule has 25 heavy (non-hydrogen) atoms. The van der Waals surface area contributed by atoms with Gasteiger partial charge in [0.05, 0.1) is 18.4 Å². The lowest BCUT2D eigenvalue weighted by Gasteiger charge is -2.12. The van der Waals surface area contributed by atoms with Gasteiger partial charge in [0.15, 0.2) is 0 Å². The third-order valence-electron chi connectivity index (χ3n) is 4.11. The lowest BCUT2D eigenvalue weighted by atomic mass is 10.0. The van der Waals surface area contributed by atoms with Crippen LogP contribution in [0.25, 0.3) is 0 Å². The first-order chi connectivity index (χ1) is 12.1. The number of amides is 2. The second-order valence-electron chi connectivity index (χ2n) is 6.00. The highest BCUT2D eigenvalue weighted by Gasteiger charge is 2.29. The Balaban J connectivity index is 1.39. The van der Waals surface area contributed by atoms with Crippen molar-refractivity contribution in [3.05, 3.63) is 34.9 Å². The average Bonchev–Trinajstić information content (AvgIpc) is 3.30. The van der Waals surface area contributed by atoms with Gasteiger partial charge >= 0.3 is 0 Å². The first-order valence-electron chi connectivity index (χ1n) is 8.26. The maximum absolute atomic E-state index is 12.1. The molecule has 0 unspecified atom stereocenters. The topological polar surface area (TPSA) is 89.0 Å². The number of ether oxygens (including phenoxy) is 1. The fourth-order valence-corrected chi connectivity index (χ4v) is 2.83. The smallest absolute Gasteiger partial charge is 0.264 e. The van der Waals surface area contributed by atoms with Crippen LogP contribution in [0, 0.1) is 0 Å². The SMILES string of the molecule is O=C(CNC(=O)[C@H]1CC(c2ccc(Cl)cc2)=NO1)NC[C@@H]1CCCO1. The van der Waals surface area contributed by atoms with E-state index in [1.165, 1.54) is 0 Å². The lowest BCUT2D eigenvalue weighted by Crippen LogP contribution is -2.43. The maximum atomic E-state index is 12.1. The van der Waals surface area contributed by atoms with Crippen LogP contribution < -0.4 is 10.6 Å². The molecule has 7 nitrogen and oxygen atoms in total. The molecule has 2 N–H and O–H groups in total. The molecular formula is C17H20ClN3O4. The van der Waals surface area contributed by atoms with E-state index in [1.807, 2.05) is 12.1 Å². The summed E-state index contributed by atoms with van der Waals surface area (Å²) in [5.41, 5.74) is 1.54. The molecule has 1 fully saturated rings. The van der Waals surface area contributed by atoms with Gasteiger partial charge < -0.3 is 20.2 Å². The van der Waals surface area contributed by atoms with Crippen LogP contribution in [0.4, 0.5) is 0 Å². The van der Waals surface area contributed by atoms with E-state index in [9.17, 15) is 9.59 Å². The summed E-state index contributed by atoms with van der Waals surface area (Å²) in [7, 11) is 0. The van der Waals surface area contributed by atoms with E-state index in [0.29, 0.717) is 23.7 Å². The van der Waals surface area contributed by atoms with Crippen molar-refractivity contribution in [3.8, 4) is 0 Å². The summed E-state index contributed by atoms with van der Waals surface area (Å²) >= 11 is 5.85. The van der Waals surface area contributed by atoms with Crippen molar-refractivity contribution in [1.29, 1.82) is 0 Å². The Morgan fingerprint density at radius 1 is 1.24 bits per heavy atom. The highest BCUT2D eigenvalue weighted by molar-refractivity contribution is 6.30. The van der Waals surface area contributed by atoms with E-state index in [0.717, 1.165) is 25.0 Å². The molecular weight excluding hydrogens is 346 g/mol. The van der Waals surface area contributed by atoms with Gasteiger partial charge in [-0.05, 0) is 30.5 Å². The van der Waals surface area contributed by atoms with Crippen molar-refractivity contribution in [3.63, 3.8) is 0 Å². The van der Waals surface area contributed by atoms with E-state index in [4.69, 9.17) is 21.2 Å². The van der Waals surface area contributed by atoms with Crippen molar-refractivity contribution in [2.45, 2.75) is 31.5 Å². The number of halogens is 1.